The molecule has 0 aromatic carbocycles. The molecule has 1 aromatic heterocycles. The van der Waals surface area contributed by atoms with Gasteiger partial charge in [0, 0.05) is 37.9 Å². The van der Waals surface area contributed by atoms with Crippen molar-refractivity contribution >= 4 is 10.0 Å². The van der Waals surface area contributed by atoms with Crippen molar-refractivity contribution in [3.8, 4) is 0 Å². The summed E-state index contributed by atoms with van der Waals surface area (Å²) in [5.74, 6) is 0. The van der Waals surface area contributed by atoms with Crippen LogP contribution in [0.25, 0.3) is 0 Å². The number of nitrogens with zero attached hydrogens (tertiary/aromatic N) is 3. The Balaban J connectivity index is 2.29. The topological polar surface area (TPSA) is 67.2 Å². The molecule has 2 atom stereocenters. The van der Waals surface area contributed by atoms with Crippen molar-refractivity contribution < 1.29 is 8.42 Å². The molecule has 1 saturated heterocycles. The predicted molar refractivity (Wildman–Crippen MR) is 78.0 cm³/mol. The van der Waals surface area contributed by atoms with Crippen molar-refractivity contribution in [2.75, 3.05) is 13.1 Å². The molecule has 0 bridgehead atoms. The zero-order chi connectivity index (χ0) is 14.8. The van der Waals surface area contributed by atoms with Gasteiger partial charge in [-0.05, 0) is 19.8 Å². The molecule has 6 nitrogen and oxygen atoms in total. The van der Waals surface area contributed by atoms with Crippen LogP contribution in [0.3, 0.4) is 0 Å². The van der Waals surface area contributed by atoms with Crippen LogP contribution in [-0.2, 0) is 16.6 Å². The monoisotopic (exact) mass is 300 g/mol. The van der Waals surface area contributed by atoms with E-state index in [9.17, 15) is 8.42 Å². The van der Waals surface area contributed by atoms with Crippen LogP contribution < -0.4 is 5.32 Å². The molecule has 7 heteroatoms. The van der Waals surface area contributed by atoms with E-state index in [1.54, 1.807) is 21.4 Å². The smallest absolute Gasteiger partial charge is 0.262 e. The number of rotatable bonds is 5. The third-order valence-electron chi connectivity index (χ3n) is 3.96. The summed E-state index contributed by atoms with van der Waals surface area (Å²) in [6.45, 7) is 8.01. The highest BCUT2D eigenvalue weighted by Crippen LogP contribution is 2.21. The van der Waals surface area contributed by atoms with E-state index >= 15 is 0 Å². The van der Waals surface area contributed by atoms with Gasteiger partial charge in [0.1, 0.15) is 0 Å². The molecule has 0 amide bonds. The molecule has 1 N–H and O–H groups in total. The minimum Gasteiger partial charge on any atom is -0.336 e. The molecule has 1 fully saturated rings. The first-order valence-corrected chi connectivity index (χ1v) is 8.73. The molecular formula is C13H24N4O2S. The van der Waals surface area contributed by atoms with E-state index in [0.717, 1.165) is 19.4 Å². The largest absolute Gasteiger partial charge is 0.336 e. The fourth-order valence-corrected chi connectivity index (χ4v) is 4.20. The lowest BCUT2D eigenvalue weighted by atomic mass is 10.1. The summed E-state index contributed by atoms with van der Waals surface area (Å²) in [5.41, 5.74) is 0. The molecule has 2 rings (SSSR count). The van der Waals surface area contributed by atoms with E-state index < -0.39 is 10.0 Å². The van der Waals surface area contributed by atoms with Crippen LogP contribution in [0.15, 0.2) is 17.6 Å². The third-order valence-corrected chi connectivity index (χ3v) is 5.77. The highest BCUT2D eigenvalue weighted by atomic mass is 32.2. The normalized spacial score (nSPS) is 24.9. The summed E-state index contributed by atoms with van der Waals surface area (Å²) in [5, 5.41) is 3.57. The summed E-state index contributed by atoms with van der Waals surface area (Å²) in [7, 11) is -3.49. The Kier molecular flexibility index (Phi) is 4.82. The Hall–Kier alpha value is -0.920. The number of nitrogens with one attached hydrogen (secondary N) is 1. The van der Waals surface area contributed by atoms with Crippen LogP contribution in [0.2, 0.25) is 0 Å². The number of imidazole rings is 1. The van der Waals surface area contributed by atoms with E-state index in [0.29, 0.717) is 13.1 Å². The molecule has 114 valence electrons. The van der Waals surface area contributed by atoms with Gasteiger partial charge in [-0.25, -0.2) is 13.4 Å². The summed E-state index contributed by atoms with van der Waals surface area (Å²) in [6, 6.07) is 0.232. The van der Waals surface area contributed by atoms with Gasteiger partial charge in [0.05, 0.1) is 6.33 Å². The van der Waals surface area contributed by atoms with Crippen LogP contribution in [0.1, 0.15) is 33.6 Å². The van der Waals surface area contributed by atoms with Gasteiger partial charge in [0.25, 0.3) is 10.0 Å². The lowest BCUT2D eigenvalue weighted by Gasteiger charge is -2.38. The van der Waals surface area contributed by atoms with Crippen molar-refractivity contribution in [3.63, 3.8) is 0 Å². The van der Waals surface area contributed by atoms with Crippen molar-refractivity contribution in [3.05, 3.63) is 12.5 Å². The van der Waals surface area contributed by atoms with Gasteiger partial charge in [-0.15, -0.1) is 0 Å². The Bertz CT molecular complexity index is 540. The van der Waals surface area contributed by atoms with E-state index in [2.05, 4.69) is 17.2 Å². The summed E-state index contributed by atoms with van der Waals surface area (Å²) in [6.07, 6.45) is 4.92. The van der Waals surface area contributed by atoms with Crippen molar-refractivity contribution in [2.45, 2.75) is 57.3 Å². The second kappa shape index (κ2) is 6.24. The SMILES string of the molecule is CCC1CN(S(=O)(=O)c2cn(CC)cn2)C(CC)CN1. The Morgan fingerprint density at radius 3 is 2.65 bits per heavy atom. The second-order valence-corrected chi connectivity index (χ2v) is 7.03. The first-order chi connectivity index (χ1) is 9.52. The van der Waals surface area contributed by atoms with Gasteiger partial charge in [0.2, 0.25) is 0 Å². The fourth-order valence-electron chi connectivity index (χ4n) is 2.52. The van der Waals surface area contributed by atoms with Gasteiger partial charge in [0.15, 0.2) is 5.03 Å². The highest BCUT2D eigenvalue weighted by Gasteiger charge is 2.36. The quantitative estimate of drug-likeness (QED) is 0.883. The van der Waals surface area contributed by atoms with Crippen molar-refractivity contribution in [1.82, 2.24) is 19.2 Å². The average molecular weight is 300 g/mol. The highest BCUT2D eigenvalue weighted by molar-refractivity contribution is 7.89. The number of hydrogen-bond acceptors (Lipinski definition) is 4. The van der Waals surface area contributed by atoms with Crippen molar-refractivity contribution in [1.29, 1.82) is 0 Å². The number of piperazine rings is 1. The zero-order valence-corrected chi connectivity index (χ0v) is 13.2. The van der Waals surface area contributed by atoms with E-state index in [1.165, 1.54) is 0 Å². The fraction of sp³-hybridized carbons (Fsp3) is 0.769. The molecular weight excluding hydrogens is 276 g/mol. The number of hydrogen-bond donors (Lipinski definition) is 1. The first kappa shape index (κ1) is 15.5. The molecule has 0 saturated carbocycles. The number of aryl methyl sites for hydroxylation is 1. The summed E-state index contributed by atoms with van der Waals surface area (Å²) in [4.78, 5) is 4.07. The molecule has 1 aromatic rings. The molecule has 20 heavy (non-hydrogen) atoms. The standard InChI is InChI=1S/C13H24N4O2S/c1-4-11-8-17(12(5-2)7-14-11)20(18,19)13-9-16(6-3)10-15-13/h9-12,14H,4-8H2,1-3H3. The maximum Gasteiger partial charge on any atom is 0.262 e. The molecule has 2 heterocycles. The Morgan fingerprint density at radius 2 is 2.10 bits per heavy atom. The third kappa shape index (κ3) is 2.89. The van der Waals surface area contributed by atoms with E-state index in [-0.39, 0.29) is 17.1 Å². The molecule has 1 aliphatic rings. The molecule has 0 radical (unpaired) electrons. The number of aromatic nitrogens is 2. The second-order valence-electron chi connectivity index (χ2n) is 5.19. The van der Waals surface area contributed by atoms with Gasteiger partial charge in [-0.1, -0.05) is 13.8 Å². The summed E-state index contributed by atoms with van der Waals surface area (Å²) < 4.78 is 28.9. The maximum atomic E-state index is 12.8. The molecule has 0 aliphatic carbocycles. The zero-order valence-electron chi connectivity index (χ0n) is 12.4. The maximum absolute atomic E-state index is 12.8. The van der Waals surface area contributed by atoms with Gasteiger partial charge >= 0.3 is 0 Å². The number of sulfonamides is 1. The Labute approximate surface area is 121 Å². The molecule has 0 spiro atoms. The average Bonchev–Trinajstić information content (AvgIpc) is 2.96. The van der Waals surface area contributed by atoms with Gasteiger partial charge in [-0.3, -0.25) is 0 Å². The van der Waals surface area contributed by atoms with Crippen LogP contribution in [0, 0.1) is 0 Å². The summed E-state index contributed by atoms with van der Waals surface area (Å²) >= 11 is 0. The first-order valence-electron chi connectivity index (χ1n) is 7.29. The van der Waals surface area contributed by atoms with E-state index in [4.69, 9.17) is 0 Å². The van der Waals surface area contributed by atoms with Crippen LogP contribution in [0.4, 0.5) is 0 Å². The lowest BCUT2D eigenvalue weighted by molar-refractivity contribution is 0.215. The predicted octanol–water partition coefficient (Wildman–Crippen LogP) is 1.05. The minimum atomic E-state index is -3.49. The lowest BCUT2D eigenvalue weighted by Crippen LogP contribution is -2.57. The molecule has 2 unspecified atom stereocenters. The van der Waals surface area contributed by atoms with E-state index in [1.807, 2.05) is 13.8 Å². The van der Waals surface area contributed by atoms with Crippen LogP contribution >= 0.6 is 0 Å². The van der Waals surface area contributed by atoms with Gasteiger partial charge in [-0.2, -0.15) is 4.31 Å². The van der Waals surface area contributed by atoms with Crippen LogP contribution in [0.5, 0.6) is 0 Å². The molecule has 1 aliphatic heterocycles. The van der Waals surface area contributed by atoms with Crippen molar-refractivity contribution in [2.24, 2.45) is 0 Å². The van der Waals surface area contributed by atoms with Gasteiger partial charge < -0.3 is 9.88 Å². The van der Waals surface area contributed by atoms with Crippen LogP contribution in [-0.4, -0.2) is 47.4 Å². The Morgan fingerprint density at radius 1 is 1.35 bits per heavy atom. The minimum absolute atomic E-state index is 0.00887.